The van der Waals surface area contributed by atoms with Crippen molar-refractivity contribution in [3.8, 4) is 5.75 Å². The minimum absolute atomic E-state index is 0.254. The second-order valence-corrected chi connectivity index (χ2v) is 6.17. The molecule has 0 aromatic heterocycles. The Labute approximate surface area is 108 Å². The van der Waals surface area contributed by atoms with E-state index in [2.05, 4.69) is 0 Å². The average Bonchev–Trinajstić information content (AvgIpc) is 3.29. The fourth-order valence-electron chi connectivity index (χ4n) is 3.69. The molecule has 4 rings (SSSR count). The van der Waals surface area contributed by atoms with E-state index in [1.54, 1.807) is 0 Å². The molecule has 0 spiro atoms. The van der Waals surface area contributed by atoms with Gasteiger partial charge in [0.05, 0.1) is 12.2 Å². The zero-order valence-electron chi connectivity index (χ0n) is 10.6. The first-order chi connectivity index (χ1) is 8.83. The SMILES string of the molecule is OC(c1ccc(OC2CC2)cc1)C1C2CCCC21. The van der Waals surface area contributed by atoms with Gasteiger partial charge in [-0.2, -0.15) is 0 Å². The summed E-state index contributed by atoms with van der Waals surface area (Å²) < 4.78 is 5.73. The van der Waals surface area contributed by atoms with Crippen LogP contribution in [0.25, 0.3) is 0 Å². The van der Waals surface area contributed by atoms with Crippen molar-refractivity contribution in [1.82, 2.24) is 0 Å². The Morgan fingerprint density at radius 3 is 2.28 bits per heavy atom. The zero-order valence-corrected chi connectivity index (χ0v) is 10.6. The number of fused-ring (bicyclic) bond motifs is 1. The van der Waals surface area contributed by atoms with Gasteiger partial charge in [-0.1, -0.05) is 18.6 Å². The molecule has 3 aliphatic carbocycles. The lowest BCUT2D eigenvalue weighted by Crippen LogP contribution is -2.04. The zero-order chi connectivity index (χ0) is 12.1. The second kappa shape index (κ2) is 3.99. The minimum Gasteiger partial charge on any atom is -0.490 e. The van der Waals surface area contributed by atoms with Gasteiger partial charge in [0, 0.05) is 0 Å². The third kappa shape index (κ3) is 1.83. The molecule has 0 bridgehead atoms. The molecule has 1 aromatic rings. The fraction of sp³-hybridized carbons (Fsp3) is 0.625. The summed E-state index contributed by atoms with van der Waals surface area (Å²) in [7, 11) is 0. The standard InChI is InChI=1S/C16H20O2/c17-16(15-13-2-1-3-14(13)15)10-4-6-11(7-5-10)18-12-8-9-12/h4-7,12-17H,1-3,8-9H2. The highest BCUT2D eigenvalue weighted by Crippen LogP contribution is 2.62. The Hall–Kier alpha value is -1.02. The molecule has 3 atom stereocenters. The second-order valence-electron chi connectivity index (χ2n) is 6.17. The van der Waals surface area contributed by atoms with Crippen molar-refractivity contribution < 1.29 is 9.84 Å². The number of rotatable bonds is 4. The van der Waals surface area contributed by atoms with E-state index >= 15 is 0 Å². The molecule has 0 amide bonds. The highest BCUT2D eigenvalue weighted by Gasteiger charge is 2.55. The van der Waals surface area contributed by atoms with E-state index in [1.165, 1.54) is 32.1 Å². The van der Waals surface area contributed by atoms with Crippen molar-refractivity contribution in [2.24, 2.45) is 17.8 Å². The van der Waals surface area contributed by atoms with E-state index in [1.807, 2.05) is 24.3 Å². The van der Waals surface area contributed by atoms with Crippen molar-refractivity contribution in [3.63, 3.8) is 0 Å². The third-order valence-corrected chi connectivity index (χ3v) is 4.89. The highest BCUT2D eigenvalue weighted by atomic mass is 16.5. The van der Waals surface area contributed by atoms with Gasteiger partial charge in [-0.15, -0.1) is 0 Å². The number of benzene rings is 1. The number of ether oxygens (including phenoxy) is 1. The Morgan fingerprint density at radius 2 is 1.67 bits per heavy atom. The summed E-state index contributed by atoms with van der Waals surface area (Å²) in [4.78, 5) is 0. The largest absolute Gasteiger partial charge is 0.490 e. The first kappa shape index (κ1) is 10.9. The van der Waals surface area contributed by atoms with E-state index in [4.69, 9.17) is 4.74 Å². The van der Waals surface area contributed by atoms with Gasteiger partial charge in [0.25, 0.3) is 0 Å². The van der Waals surface area contributed by atoms with Crippen molar-refractivity contribution in [2.75, 3.05) is 0 Å². The van der Waals surface area contributed by atoms with E-state index in [0.29, 0.717) is 12.0 Å². The first-order valence-electron chi connectivity index (χ1n) is 7.27. The molecule has 3 saturated carbocycles. The molecule has 3 unspecified atom stereocenters. The predicted molar refractivity (Wildman–Crippen MR) is 69.4 cm³/mol. The van der Waals surface area contributed by atoms with Gasteiger partial charge in [-0.25, -0.2) is 0 Å². The van der Waals surface area contributed by atoms with Crippen molar-refractivity contribution in [3.05, 3.63) is 29.8 Å². The van der Waals surface area contributed by atoms with E-state index in [-0.39, 0.29) is 6.10 Å². The molecule has 0 aliphatic heterocycles. The number of aliphatic hydroxyl groups is 1. The molecule has 0 radical (unpaired) electrons. The van der Waals surface area contributed by atoms with Crippen LogP contribution in [-0.2, 0) is 0 Å². The summed E-state index contributed by atoms with van der Waals surface area (Å²) in [6.45, 7) is 0. The fourth-order valence-corrected chi connectivity index (χ4v) is 3.69. The van der Waals surface area contributed by atoms with Crippen molar-refractivity contribution in [1.29, 1.82) is 0 Å². The lowest BCUT2D eigenvalue weighted by atomic mass is 10.00. The molecular weight excluding hydrogens is 224 g/mol. The van der Waals surface area contributed by atoms with Gasteiger partial charge in [0.15, 0.2) is 0 Å². The van der Waals surface area contributed by atoms with E-state index in [9.17, 15) is 5.11 Å². The van der Waals surface area contributed by atoms with Gasteiger partial charge in [0.1, 0.15) is 5.75 Å². The summed E-state index contributed by atoms with van der Waals surface area (Å²) in [5.41, 5.74) is 1.07. The molecule has 1 N–H and O–H groups in total. The van der Waals surface area contributed by atoms with Crippen LogP contribution in [0.4, 0.5) is 0 Å². The van der Waals surface area contributed by atoms with Gasteiger partial charge in [-0.3, -0.25) is 0 Å². The van der Waals surface area contributed by atoms with Gasteiger partial charge < -0.3 is 9.84 Å². The molecule has 2 nitrogen and oxygen atoms in total. The normalized spacial score (nSPS) is 35.1. The smallest absolute Gasteiger partial charge is 0.119 e. The van der Waals surface area contributed by atoms with Crippen LogP contribution in [0.1, 0.15) is 43.8 Å². The lowest BCUT2D eigenvalue weighted by molar-refractivity contribution is 0.137. The maximum atomic E-state index is 10.4. The molecule has 0 saturated heterocycles. The summed E-state index contributed by atoms with van der Waals surface area (Å²) in [6.07, 6.45) is 6.60. The van der Waals surface area contributed by atoms with Crippen LogP contribution in [-0.4, -0.2) is 11.2 Å². The number of aliphatic hydroxyl groups excluding tert-OH is 1. The van der Waals surface area contributed by atoms with Crippen LogP contribution in [0.2, 0.25) is 0 Å². The number of hydrogen-bond donors (Lipinski definition) is 1. The Kier molecular flexibility index (Phi) is 2.41. The molecule has 2 heteroatoms. The molecular formula is C16H20O2. The molecule has 0 heterocycles. The molecule has 1 aromatic carbocycles. The summed E-state index contributed by atoms with van der Waals surface area (Å²) in [5, 5.41) is 10.4. The van der Waals surface area contributed by atoms with Crippen molar-refractivity contribution in [2.45, 2.75) is 44.3 Å². The maximum Gasteiger partial charge on any atom is 0.119 e. The van der Waals surface area contributed by atoms with Crippen molar-refractivity contribution >= 4 is 0 Å². The maximum absolute atomic E-state index is 10.4. The van der Waals surface area contributed by atoms with E-state index < -0.39 is 0 Å². The highest BCUT2D eigenvalue weighted by molar-refractivity contribution is 5.30. The van der Waals surface area contributed by atoms with Gasteiger partial charge >= 0.3 is 0 Å². The predicted octanol–water partition coefficient (Wildman–Crippen LogP) is 3.31. The topological polar surface area (TPSA) is 29.5 Å². The van der Waals surface area contributed by atoms with E-state index in [0.717, 1.165) is 23.1 Å². The molecule has 96 valence electrons. The van der Waals surface area contributed by atoms with Crippen LogP contribution in [0.3, 0.4) is 0 Å². The Morgan fingerprint density at radius 1 is 1.00 bits per heavy atom. The van der Waals surface area contributed by atoms with Crippen LogP contribution in [0.15, 0.2) is 24.3 Å². The van der Waals surface area contributed by atoms with Gasteiger partial charge in [0.2, 0.25) is 0 Å². The Balaban J connectivity index is 1.44. The van der Waals surface area contributed by atoms with Crippen LogP contribution < -0.4 is 4.74 Å². The van der Waals surface area contributed by atoms with Crippen LogP contribution >= 0.6 is 0 Å². The van der Waals surface area contributed by atoms with Gasteiger partial charge in [-0.05, 0) is 61.1 Å². The molecule has 18 heavy (non-hydrogen) atoms. The summed E-state index contributed by atoms with van der Waals surface area (Å²) >= 11 is 0. The monoisotopic (exact) mass is 244 g/mol. The summed E-state index contributed by atoms with van der Waals surface area (Å²) in [5.74, 6) is 3.10. The summed E-state index contributed by atoms with van der Waals surface area (Å²) in [6, 6.07) is 8.09. The van der Waals surface area contributed by atoms with Crippen LogP contribution in [0, 0.1) is 17.8 Å². The number of hydrogen-bond acceptors (Lipinski definition) is 2. The Bertz CT molecular complexity index is 425. The lowest BCUT2D eigenvalue weighted by Gasteiger charge is -2.13. The average molecular weight is 244 g/mol. The third-order valence-electron chi connectivity index (χ3n) is 4.89. The quantitative estimate of drug-likeness (QED) is 0.880. The first-order valence-corrected chi connectivity index (χ1v) is 7.27. The van der Waals surface area contributed by atoms with Crippen LogP contribution in [0.5, 0.6) is 5.75 Å². The molecule has 3 fully saturated rings. The molecule has 3 aliphatic rings. The minimum atomic E-state index is -0.254.